The third-order valence-corrected chi connectivity index (χ3v) is 4.70. The first kappa shape index (κ1) is 18.7. The third kappa shape index (κ3) is 4.71. The van der Waals surface area contributed by atoms with Crippen LogP contribution in [0.1, 0.15) is 39.2 Å². The lowest BCUT2D eigenvalue weighted by molar-refractivity contribution is -0.136. The summed E-state index contributed by atoms with van der Waals surface area (Å²) in [6.45, 7) is 9.02. The first-order valence-corrected chi connectivity index (χ1v) is 8.67. The summed E-state index contributed by atoms with van der Waals surface area (Å²) < 4.78 is 11.0. The summed E-state index contributed by atoms with van der Waals surface area (Å²) >= 11 is 0. The van der Waals surface area contributed by atoms with E-state index in [0.29, 0.717) is 45.8 Å². The van der Waals surface area contributed by atoms with Crippen molar-refractivity contribution < 1.29 is 14.3 Å². The minimum absolute atomic E-state index is 0.0139. The molecule has 0 atom stereocenters. The summed E-state index contributed by atoms with van der Waals surface area (Å²) in [5.41, 5.74) is 6.76. The minimum atomic E-state index is -0.480. The molecule has 1 amide bonds. The monoisotopic (exact) mass is 334 g/mol. The number of nitrogens with one attached hydrogen (secondary N) is 1. The van der Waals surface area contributed by atoms with Gasteiger partial charge in [-0.1, -0.05) is 32.9 Å². The normalized spacial score (nSPS) is 17.3. The second-order valence-electron chi connectivity index (χ2n) is 7.48. The third-order valence-electron chi connectivity index (χ3n) is 4.70. The maximum Gasteiger partial charge on any atom is 0.227 e. The van der Waals surface area contributed by atoms with E-state index in [1.165, 1.54) is 5.56 Å². The van der Waals surface area contributed by atoms with Crippen LogP contribution in [-0.2, 0) is 14.9 Å². The highest BCUT2D eigenvalue weighted by Gasteiger charge is 2.38. The van der Waals surface area contributed by atoms with Gasteiger partial charge in [0.05, 0.1) is 12.0 Å². The minimum Gasteiger partial charge on any atom is -0.492 e. The largest absolute Gasteiger partial charge is 0.492 e. The zero-order chi connectivity index (χ0) is 17.6. The number of hydrogen-bond donors (Lipinski definition) is 2. The molecule has 5 heteroatoms. The lowest BCUT2D eigenvalue weighted by Crippen LogP contribution is -2.49. The maximum atomic E-state index is 12.4. The number of rotatable bonds is 6. The van der Waals surface area contributed by atoms with E-state index >= 15 is 0 Å². The number of benzene rings is 1. The van der Waals surface area contributed by atoms with Gasteiger partial charge in [0.25, 0.3) is 0 Å². The molecule has 1 fully saturated rings. The Morgan fingerprint density at radius 1 is 1.25 bits per heavy atom. The average molecular weight is 334 g/mol. The summed E-state index contributed by atoms with van der Waals surface area (Å²) in [5, 5.41) is 2.95. The smallest absolute Gasteiger partial charge is 0.227 e. The van der Waals surface area contributed by atoms with Crippen molar-refractivity contribution in [3.63, 3.8) is 0 Å². The van der Waals surface area contributed by atoms with Crippen molar-refractivity contribution in [2.45, 2.75) is 39.0 Å². The maximum absolute atomic E-state index is 12.4. The molecule has 0 spiro atoms. The molecule has 1 aliphatic heterocycles. The molecule has 0 aliphatic carbocycles. The van der Waals surface area contributed by atoms with Crippen LogP contribution in [0, 0.1) is 5.41 Å². The van der Waals surface area contributed by atoms with Crippen LogP contribution in [0.4, 0.5) is 0 Å². The molecule has 134 valence electrons. The predicted octanol–water partition coefficient (Wildman–Crippen LogP) is 2.23. The fourth-order valence-electron chi connectivity index (χ4n) is 2.86. The van der Waals surface area contributed by atoms with E-state index in [0.717, 1.165) is 5.75 Å². The van der Waals surface area contributed by atoms with Crippen LogP contribution < -0.4 is 15.8 Å². The fraction of sp³-hybridized carbons (Fsp3) is 0.632. The van der Waals surface area contributed by atoms with Gasteiger partial charge in [-0.2, -0.15) is 0 Å². The van der Waals surface area contributed by atoms with Crippen molar-refractivity contribution in [1.82, 2.24) is 5.32 Å². The van der Waals surface area contributed by atoms with Gasteiger partial charge in [0.15, 0.2) is 0 Å². The molecule has 3 N–H and O–H groups in total. The SMILES string of the molecule is CC(C)(C)c1ccc(OCCNC(=O)C2(CN)CCOCC2)cc1. The van der Waals surface area contributed by atoms with E-state index in [1.54, 1.807) is 0 Å². The number of carbonyl (C=O) groups excluding carboxylic acids is 1. The molecule has 2 rings (SSSR count). The molecule has 0 aromatic heterocycles. The average Bonchev–Trinajstić information content (AvgIpc) is 2.58. The summed E-state index contributed by atoms with van der Waals surface area (Å²) in [6, 6.07) is 8.11. The Kier molecular flexibility index (Phi) is 6.24. The summed E-state index contributed by atoms with van der Waals surface area (Å²) in [7, 11) is 0. The molecule has 24 heavy (non-hydrogen) atoms. The van der Waals surface area contributed by atoms with Gasteiger partial charge in [-0.05, 0) is 36.0 Å². The highest BCUT2D eigenvalue weighted by atomic mass is 16.5. The standard InChI is InChI=1S/C19H30N2O3/c1-18(2,3)15-4-6-16(7-5-15)24-13-10-21-17(22)19(14-20)8-11-23-12-9-19/h4-7H,8-14,20H2,1-3H3,(H,21,22). The zero-order valence-electron chi connectivity index (χ0n) is 15.1. The molecule has 1 aromatic rings. The molecule has 0 unspecified atom stereocenters. The summed E-state index contributed by atoms with van der Waals surface area (Å²) in [6.07, 6.45) is 1.37. The van der Waals surface area contributed by atoms with E-state index < -0.39 is 5.41 Å². The fourth-order valence-corrected chi connectivity index (χ4v) is 2.86. The molecule has 0 bridgehead atoms. The van der Waals surface area contributed by atoms with Crippen LogP contribution in [-0.4, -0.2) is 38.8 Å². The number of nitrogens with two attached hydrogens (primary N) is 1. The van der Waals surface area contributed by atoms with Crippen LogP contribution in [0.15, 0.2) is 24.3 Å². The van der Waals surface area contributed by atoms with Crippen LogP contribution in [0.25, 0.3) is 0 Å². The molecular weight excluding hydrogens is 304 g/mol. The lowest BCUT2D eigenvalue weighted by Gasteiger charge is -2.34. The van der Waals surface area contributed by atoms with Crippen molar-refractivity contribution >= 4 is 5.91 Å². The van der Waals surface area contributed by atoms with E-state index in [1.807, 2.05) is 12.1 Å². The Hall–Kier alpha value is -1.59. The van der Waals surface area contributed by atoms with Crippen LogP contribution in [0.2, 0.25) is 0 Å². The summed E-state index contributed by atoms with van der Waals surface area (Å²) in [5.74, 6) is 0.830. The molecule has 1 saturated heterocycles. The highest BCUT2D eigenvalue weighted by molar-refractivity contribution is 5.83. The van der Waals surface area contributed by atoms with Gasteiger partial charge in [-0.15, -0.1) is 0 Å². The lowest BCUT2D eigenvalue weighted by atomic mass is 9.79. The Morgan fingerprint density at radius 3 is 2.42 bits per heavy atom. The Balaban J connectivity index is 1.77. The highest BCUT2D eigenvalue weighted by Crippen LogP contribution is 2.29. The number of ether oxygens (including phenoxy) is 2. The van der Waals surface area contributed by atoms with E-state index in [2.05, 4.69) is 38.2 Å². The molecule has 5 nitrogen and oxygen atoms in total. The first-order valence-electron chi connectivity index (χ1n) is 8.67. The van der Waals surface area contributed by atoms with Crippen LogP contribution >= 0.6 is 0 Å². The van der Waals surface area contributed by atoms with E-state index in [4.69, 9.17) is 15.2 Å². The molecule has 1 heterocycles. The van der Waals surface area contributed by atoms with Gasteiger partial charge >= 0.3 is 0 Å². The second-order valence-corrected chi connectivity index (χ2v) is 7.48. The zero-order valence-corrected chi connectivity index (χ0v) is 15.1. The van der Waals surface area contributed by atoms with Gasteiger partial charge < -0.3 is 20.5 Å². The number of hydrogen-bond acceptors (Lipinski definition) is 4. The van der Waals surface area contributed by atoms with Crippen molar-refractivity contribution in [2.24, 2.45) is 11.1 Å². The molecule has 1 aliphatic rings. The molecular formula is C19H30N2O3. The second kappa shape index (κ2) is 7.99. The molecule has 0 radical (unpaired) electrons. The van der Waals surface area contributed by atoms with E-state index in [9.17, 15) is 4.79 Å². The number of amides is 1. The van der Waals surface area contributed by atoms with Gasteiger partial charge in [0.1, 0.15) is 12.4 Å². The first-order chi connectivity index (χ1) is 11.4. The molecule has 1 aromatic carbocycles. The van der Waals surface area contributed by atoms with Crippen molar-refractivity contribution in [2.75, 3.05) is 32.9 Å². The Bertz CT molecular complexity index is 529. The van der Waals surface area contributed by atoms with Gasteiger partial charge in [-0.25, -0.2) is 0 Å². The summed E-state index contributed by atoms with van der Waals surface area (Å²) in [4.78, 5) is 12.4. The van der Waals surface area contributed by atoms with Crippen molar-refractivity contribution in [3.8, 4) is 5.75 Å². The van der Waals surface area contributed by atoms with Gasteiger partial charge in [0, 0.05) is 19.8 Å². The quantitative estimate of drug-likeness (QED) is 0.783. The van der Waals surface area contributed by atoms with Crippen LogP contribution in [0.5, 0.6) is 5.75 Å². The Labute approximate surface area is 144 Å². The van der Waals surface area contributed by atoms with Crippen molar-refractivity contribution in [1.29, 1.82) is 0 Å². The molecule has 0 saturated carbocycles. The van der Waals surface area contributed by atoms with Crippen LogP contribution in [0.3, 0.4) is 0 Å². The van der Waals surface area contributed by atoms with Gasteiger partial charge in [-0.3, -0.25) is 4.79 Å². The van der Waals surface area contributed by atoms with Crippen molar-refractivity contribution in [3.05, 3.63) is 29.8 Å². The van der Waals surface area contributed by atoms with E-state index in [-0.39, 0.29) is 11.3 Å². The Morgan fingerprint density at radius 2 is 1.88 bits per heavy atom. The van der Waals surface area contributed by atoms with Gasteiger partial charge in [0.2, 0.25) is 5.91 Å². The topological polar surface area (TPSA) is 73.6 Å². The predicted molar refractivity (Wildman–Crippen MR) is 95.2 cm³/mol. The number of carbonyl (C=O) groups is 1.